The van der Waals surface area contributed by atoms with Crippen molar-refractivity contribution in [2.24, 2.45) is 17.8 Å². The molecule has 3 rings (SSSR count). The summed E-state index contributed by atoms with van der Waals surface area (Å²) in [5.74, 6) is -2.60. The van der Waals surface area contributed by atoms with Crippen LogP contribution >= 0.6 is 0 Å². The van der Waals surface area contributed by atoms with E-state index in [0.29, 0.717) is 13.0 Å². The van der Waals surface area contributed by atoms with E-state index < -0.39 is 96.0 Å². The van der Waals surface area contributed by atoms with Gasteiger partial charge in [-0.2, -0.15) is 0 Å². The standard InChI is InChI=1S/C37H70N2O12/c1-14-26-37(10,45)30(41)23(6)38-18-19(2)16-35(8,44)32(51-34-28(40)25(39(11)12)15-20(3)47-34)21(4)29(22(5)33(43)49-26)50-27-17-36(9,46-13)31(42)24(7)48-27/h19-32,34,38,40-42,44-45H,14-18H2,1-13H3/t19-,20-,21+,22-,23-,24+,25-,26-,27-,28+,29+,30-,31-,32-,34+,35-,36+,37-/m1/s1. The van der Waals surface area contributed by atoms with Crippen molar-refractivity contribution in [3.8, 4) is 0 Å². The molecule has 300 valence electrons. The maximum absolute atomic E-state index is 14.1. The maximum Gasteiger partial charge on any atom is 0.311 e. The highest BCUT2D eigenvalue weighted by Crippen LogP contribution is 2.40. The summed E-state index contributed by atoms with van der Waals surface area (Å²) >= 11 is 0. The number of hydrogen-bond donors (Lipinski definition) is 6. The molecule has 0 bridgehead atoms. The molecule has 3 saturated heterocycles. The number of ether oxygens (including phenoxy) is 6. The Balaban J connectivity index is 2.15. The van der Waals surface area contributed by atoms with Crippen LogP contribution < -0.4 is 5.32 Å². The molecule has 0 amide bonds. The number of aliphatic hydroxyl groups is 5. The van der Waals surface area contributed by atoms with Gasteiger partial charge in [0.1, 0.15) is 30.0 Å². The van der Waals surface area contributed by atoms with E-state index >= 15 is 0 Å². The van der Waals surface area contributed by atoms with Crippen molar-refractivity contribution in [1.29, 1.82) is 0 Å². The lowest BCUT2D eigenvalue weighted by Gasteiger charge is -2.48. The minimum atomic E-state index is -1.80. The topological polar surface area (TPSA) is 189 Å². The summed E-state index contributed by atoms with van der Waals surface area (Å²) in [5.41, 5.74) is -4.37. The minimum absolute atomic E-state index is 0.132. The Hall–Kier alpha value is -1.01. The summed E-state index contributed by atoms with van der Waals surface area (Å²) in [7, 11) is 5.27. The molecule has 3 fully saturated rings. The number of nitrogens with zero attached hydrogens (tertiary/aromatic N) is 1. The second-order valence-corrected chi connectivity index (χ2v) is 16.7. The lowest BCUT2D eigenvalue weighted by atomic mass is 9.77. The SMILES string of the molecule is CC[C@H]1OC(=O)[C@H](C)[C@@H](O[C@@H]2C[C@](C)(OC)[C@H](O)[C@H](C)O2)[C@H](C)[C@@H](O[C@@H]2O[C@H](C)C[C@@H](N(C)C)[C@@H]2O)[C@](C)(O)C[C@@H](C)CN[C@H](C)[C@@H](O)[C@]1(C)O. The maximum atomic E-state index is 14.1. The highest BCUT2D eigenvalue weighted by Gasteiger charge is 2.52. The molecular weight excluding hydrogens is 664 g/mol. The molecule has 0 saturated carbocycles. The molecule has 0 aromatic heterocycles. The van der Waals surface area contributed by atoms with Crippen LogP contribution in [-0.2, 0) is 33.2 Å². The number of likely N-dealkylation sites (N-methyl/N-ethyl adjacent to an activating group) is 1. The van der Waals surface area contributed by atoms with Crippen LogP contribution in [0.4, 0.5) is 0 Å². The third-order valence-electron chi connectivity index (χ3n) is 11.7. The smallest absolute Gasteiger partial charge is 0.311 e. The predicted molar refractivity (Wildman–Crippen MR) is 190 cm³/mol. The van der Waals surface area contributed by atoms with E-state index in [0.717, 1.165) is 0 Å². The van der Waals surface area contributed by atoms with Crippen molar-refractivity contribution in [3.63, 3.8) is 0 Å². The van der Waals surface area contributed by atoms with Crippen LogP contribution in [-0.4, -0.2) is 154 Å². The number of aliphatic hydroxyl groups excluding tert-OH is 3. The van der Waals surface area contributed by atoms with E-state index in [9.17, 15) is 30.3 Å². The zero-order chi connectivity index (χ0) is 38.8. The number of methoxy groups -OCH3 is 1. The van der Waals surface area contributed by atoms with Gasteiger partial charge in [0.25, 0.3) is 0 Å². The zero-order valence-electron chi connectivity index (χ0n) is 33.2. The van der Waals surface area contributed by atoms with Gasteiger partial charge in [-0.1, -0.05) is 20.8 Å². The van der Waals surface area contributed by atoms with Crippen molar-refractivity contribution in [3.05, 3.63) is 0 Å². The van der Waals surface area contributed by atoms with Gasteiger partial charge < -0.3 is 64.2 Å². The molecule has 0 aromatic carbocycles. The number of rotatable bonds is 7. The predicted octanol–water partition coefficient (Wildman–Crippen LogP) is 1.56. The van der Waals surface area contributed by atoms with Gasteiger partial charge in [-0.25, -0.2) is 0 Å². The Morgan fingerprint density at radius 1 is 0.941 bits per heavy atom. The summed E-state index contributed by atoms with van der Waals surface area (Å²) in [6, 6.07) is -0.858. The van der Waals surface area contributed by atoms with E-state index in [2.05, 4.69) is 5.32 Å². The molecule has 18 atom stereocenters. The molecule has 14 nitrogen and oxygen atoms in total. The van der Waals surface area contributed by atoms with E-state index in [1.54, 1.807) is 41.5 Å². The van der Waals surface area contributed by atoms with Crippen LogP contribution in [0.1, 0.15) is 94.9 Å². The molecule has 0 aliphatic carbocycles. The highest BCUT2D eigenvalue weighted by molar-refractivity contribution is 5.73. The fraction of sp³-hybridized carbons (Fsp3) is 0.973. The molecule has 6 N–H and O–H groups in total. The Labute approximate surface area is 305 Å². The summed E-state index contributed by atoms with van der Waals surface area (Å²) in [6.45, 7) is 17.8. The van der Waals surface area contributed by atoms with Gasteiger partial charge in [0.05, 0.1) is 41.5 Å². The lowest BCUT2D eigenvalue weighted by Crippen LogP contribution is -2.60. The summed E-state index contributed by atoms with van der Waals surface area (Å²) in [4.78, 5) is 16.1. The molecule has 0 unspecified atom stereocenters. The molecule has 3 heterocycles. The Morgan fingerprint density at radius 3 is 2.14 bits per heavy atom. The van der Waals surface area contributed by atoms with Crippen LogP contribution in [0.3, 0.4) is 0 Å². The van der Waals surface area contributed by atoms with Gasteiger partial charge in [0.15, 0.2) is 12.6 Å². The highest BCUT2D eigenvalue weighted by atomic mass is 16.7. The number of carbonyl (C=O) groups is 1. The first-order chi connectivity index (χ1) is 23.5. The summed E-state index contributed by atoms with van der Waals surface area (Å²) in [5, 5.41) is 60.9. The zero-order valence-corrected chi connectivity index (χ0v) is 33.2. The van der Waals surface area contributed by atoms with E-state index in [4.69, 9.17) is 28.4 Å². The average molecular weight is 735 g/mol. The first kappa shape index (κ1) is 44.4. The quantitative estimate of drug-likeness (QED) is 0.207. The van der Waals surface area contributed by atoms with Crippen LogP contribution in [0.2, 0.25) is 0 Å². The minimum Gasteiger partial charge on any atom is -0.459 e. The largest absolute Gasteiger partial charge is 0.459 e. The normalized spacial score (nSPS) is 49.9. The molecule has 0 radical (unpaired) electrons. The van der Waals surface area contributed by atoms with Gasteiger partial charge in [-0.15, -0.1) is 0 Å². The Kier molecular flexibility index (Phi) is 15.3. The lowest BCUT2D eigenvalue weighted by molar-refractivity contribution is -0.318. The van der Waals surface area contributed by atoms with Crippen molar-refractivity contribution >= 4 is 5.97 Å². The molecular formula is C37H70N2O12. The Morgan fingerprint density at radius 2 is 1.57 bits per heavy atom. The molecule has 3 aliphatic rings. The average Bonchev–Trinajstić information content (AvgIpc) is 3.05. The van der Waals surface area contributed by atoms with Crippen molar-refractivity contribution in [1.82, 2.24) is 10.2 Å². The van der Waals surface area contributed by atoms with E-state index in [1.165, 1.54) is 14.0 Å². The number of nitrogens with one attached hydrogen (secondary N) is 1. The third-order valence-corrected chi connectivity index (χ3v) is 11.7. The number of carbonyl (C=O) groups excluding carboxylic acids is 1. The van der Waals surface area contributed by atoms with E-state index in [-0.39, 0.29) is 37.3 Å². The molecule has 0 spiro atoms. The van der Waals surface area contributed by atoms with Gasteiger partial charge in [0, 0.05) is 31.5 Å². The second-order valence-electron chi connectivity index (χ2n) is 16.7. The number of esters is 1. The first-order valence-corrected chi connectivity index (χ1v) is 18.8. The Bertz CT molecular complexity index is 1110. The van der Waals surface area contributed by atoms with Crippen LogP contribution in [0.5, 0.6) is 0 Å². The molecule has 51 heavy (non-hydrogen) atoms. The number of hydrogen-bond acceptors (Lipinski definition) is 14. The number of cyclic esters (lactones) is 1. The second kappa shape index (κ2) is 17.6. The summed E-state index contributed by atoms with van der Waals surface area (Å²) in [6.07, 6.45) is -8.22. The first-order valence-electron chi connectivity index (χ1n) is 18.8. The van der Waals surface area contributed by atoms with Crippen LogP contribution in [0.15, 0.2) is 0 Å². The molecule has 0 aromatic rings. The van der Waals surface area contributed by atoms with Crippen LogP contribution in [0, 0.1) is 17.8 Å². The van der Waals surface area contributed by atoms with Crippen molar-refractivity contribution < 1.29 is 58.7 Å². The van der Waals surface area contributed by atoms with Gasteiger partial charge >= 0.3 is 5.97 Å². The van der Waals surface area contributed by atoms with Crippen LogP contribution in [0.25, 0.3) is 0 Å². The van der Waals surface area contributed by atoms with Gasteiger partial charge in [-0.3, -0.25) is 4.79 Å². The fourth-order valence-electron chi connectivity index (χ4n) is 8.36. The van der Waals surface area contributed by atoms with E-state index in [1.807, 2.05) is 39.8 Å². The fourth-order valence-corrected chi connectivity index (χ4v) is 8.36. The third kappa shape index (κ3) is 10.2. The summed E-state index contributed by atoms with van der Waals surface area (Å²) < 4.78 is 37.4. The van der Waals surface area contributed by atoms with Gasteiger partial charge in [-0.05, 0) is 94.3 Å². The molecule has 3 aliphatic heterocycles. The van der Waals surface area contributed by atoms with Gasteiger partial charge in [0.2, 0.25) is 0 Å². The molecule has 14 heteroatoms. The van der Waals surface area contributed by atoms with Crippen molar-refractivity contribution in [2.45, 2.75) is 185 Å². The monoisotopic (exact) mass is 734 g/mol. The van der Waals surface area contributed by atoms with Crippen molar-refractivity contribution in [2.75, 3.05) is 27.7 Å².